The van der Waals surface area contributed by atoms with E-state index in [0.717, 1.165) is 4.90 Å². The largest absolute Gasteiger partial charge is 0.463 e. The van der Waals surface area contributed by atoms with Gasteiger partial charge in [0.25, 0.3) is 0 Å². The molecule has 19 heavy (non-hydrogen) atoms. The van der Waals surface area contributed by atoms with Gasteiger partial charge >= 0.3 is 12.0 Å². The summed E-state index contributed by atoms with van der Waals surface area (Å²) in [6, 6.07) is -0.938. The lowest BCUT2D eigenvalue weighted by molar-refractivity contribution is -0.139. The molecule has 0 fully saturated rings. The molecular weight excluding hydrogens is 248 g/mol. The van der Waals surface area contributed by atoms with E-state index in [2.05, 4.69) is 5.32 Å². The predicted molar refractivity (Wildman–Crippen MR) is 69.1 cm³/mol. The summed E-state index contributed by atoms with van der Waals surface area (Å²) < 4.78 is 4.99. The molecule has 0 saturated carbocycles. The monoisotopic (exact) mass is 268 g/mol. The van der Waals surface area contributed by atoms with Crippen LogP contribution in [0.15, 0.2) is 11.3 Å². The minimum absolute atomic E-state index is 0.196. The van der Waals surface area contributed by atoms with Gasteiger partial charge in [-0.05, 0) is 20.3 Å². The van der Waals surface area contributed by atoms with Crippen LogP contribution in [0.2, 0.25) is 0 Å². The molecule has 106 valence electrons. The molecule has 0 aromatic heterocycles. The number of nitrogens with one attached hydrogen (secondary N) is 1. The maximum atomic E-state index is 12.0. The van der Waals surface area contributed by atoms with Crippen molar-refractivity contribution in [1.82, 2.24) is 10.2 Å². The third-order valence-corrected chi connectivity index (χ3v) is 2.94. The fourth-order valence-electron chi connectivity index (χ4n) is 2.09. The van der Waals surface area contributed by atoms with Crippen molar-refractivity contribution in [3.8, 4) is 0 Å². The van der Waals surface area contributed by atoms with Crippen LogP contribution in [-0.4, -0.2) is 35.5 Å². The van der Waals surface area contributed by atoms with E-state index in [4.69, 9.17) is 4.74 Å². The van der Waals surface area contributed by atoms with Gasteiger partial charge in [0.05, 0.1) is 18.2 Å². The Labute approximate surface area is 112 Å². The number of imide groups is 1. The topological polar surface area (TPSA) is 75.7 Å². The first kappa shape index (κ1) is 15.2. The lowest BCUT2D eigenvalue weighted by Crippen LogP contribution is -2.53. The zero-order chi connectivity index (χ0) is 14.6. The normalized spacial score (nSPS) is 19.3. The van der Waals surface area contributed by atoms with Crippen LogP contribution in [0.3, 0.4) is 0 Å². The van der Waals surface area contributed by atoms with E-state index >= 15 is 0 Å². The number of carbonyl (C=O) groups is 3. The molecule has 1 atom stereocenters. The van der Waals surface area contributed by atoms with Gasteiger partial charge in [0.2, 0.25) is 5.91 Å². The minimum atomic E-state index is -0.485. The number of amides is 3. The highest BCUT2D eigenvalue weighted by molar-refractivity contribution is 6.02. The standard InChI is InChI=1S/C13H20N2O4/c1-5-9-11(12(17)19-7-3)8(4)14-13(18)15(9)10(16)6-2/h8H,5-7H2,1-4H3,(H,14,18). The van der Waals surface area contributed by atoms with Gasteiger partial charge in [-0.3, -0.25) is 4.79 Å². The molecule has 1 N–H and O–H groups in total. The van der Waals surface area contributed by atoms with E-state index in [1.165, 1.54) is 0 Å². The van der Waals surface area contributed by atoms with Crippen LogP contribution >= 0.6 is 0 Å². The molecule has 1 aliphatic rings. The maximum absolute atomic E-state index is 12.0. The second-order valence-corrected chi connectivity index (χ2v) is 4.19. The SMILES string of the molecule is CCOC(=O)C1=C(CC)N(C(=O)CC)C(=O)NC1C. The molecule has 0 spiro atoms. The number of hydrogen-bond donors (Lipinski definition) is 1. The van der Waals surface area contributed by atoms with Gasteiger partial charge in [-0.15, -0.1) is 0 Å². The van der Waals surface area contributed by atoms with Gasteiger partial charge in [0, 0.05) is 12.1 Å². The van der Waals surface area contributed by atoms with E-state index in [1.54, 1.807) is 27.7 Å². The number of urea groups is 1. The molecule has 0 aromatic rings. The van der Waals surface area contributed by atoms with Crippen molar-refractivity contribution in [2.75, 3.05) is 6.61 Å². The van der Waals surface area contributed by atoms with Gasteiger partial charge in [0.15, 0.2) is 0 Å². The number of esters is 1. The first-order valence-electron chi connectivity index (χ1n) is 6.51. The number of allylic oxidation sites excluding steroid dienone is 1. The minimum Gasteiger partial charge on any atom is -0.463 e. The van der Waals surface area contributed by atoms with Crippen molar-refractivity contribution in [1.29, 1.82) is 0 Å². The number of carbonyl (C=O) groups excluding carboxylic acids is 3. The molecule has 0 radical (unpaired) electrons. The summed E-state index contributed by atoms with van der Waals surface area (Å²) in [6.45, 7) is 7.14. The third kappa shape index (κ3) is 2.94. The lowest BCUT2D eigenvalue weighted by atomic mass is 10.0. The van der Waals surface area contributed by atoms with Crippen molar-refractivity contribution in [2.45, 2.75) is 46.6 Å². The molecule has 1 heterocycles. The van der Waals surface area contributed by atoms with Crippen LogP contribution in [0.5, 0.6) is 0 Å². The molecular formula is C13H20N2O4. The van der Waals surface area contributed by atoms with Crippen LogP contribution < -0.4 is 5.32 Å². The summed E-state index contributed by atoms with van der Waals surface area (Å²) >= 11 is 0. The van der Waals surface area contributed by atoms with E-state index in [9.17, 15) is 14.4 Å². The Hall–Kier alpha value is -1.85. The Morgan fingerprint density at radius 1 is 1.32 bits per heavy atom. The molecule has 0 aliphatic carbocycles. The zero-order valence-corrected chi connectivity index (χ0v) is 11.8. The first-order chi connectivity index (χ1) is 8.97. The molecule has 3 amide bonds. The second kappa shape index (κ2) is 6.36. The quantitative estimate of drug-likeness (QED) is 0.785. The van der Waals surface area contributed by atoms with Crippen LogP contribution in [0.1, 0.15) is 40.5 Å². The third-order valence-electron chi connectivity index (χ3n) is 2.94. The van der Waals surface area contributed by atoms with Crippen molar-refractivity contribution < 1.29 is 19.1 Å². The average molecular weight is 268 g/mol. The van der Waals surface area contributed by atoms with Gasteiger partial charge in [-0.2, -0.15) is 0 Å². The number of ether oxygens (including phenoxy) is 1. The van der Waals surface area contributed by atoms with Crippen LogP contribution in [0.4, 0.5) is 4.79 Å². The Morgan fingerprint density at radius 2 is 1.95 bits per heavy atom. The summed E-state index contributed by atoms with van der Waals surface area (Å²) in [5.41, 5.74) is 0.785. The number of hydrogen-bond acceptors (Lipinski definition) is 4. The summed E-state index contributed by atoms with van der Waals surface area (Å²) in [5.74, 6) is -0.816. The average Bonchev–Trinajstić information content (AvgIpc) is 2.36. The highest BCUT2D eigenvalue weighted by Gasteiger charge is 2.36. The van der Waals surface area contributed by atoms with E-state index in [0.29, 0.717) is 17.7 Å². The van der Waals surface area contributed by atoms with Crippen LogP contribution in [0, 0.1) is 0 Å². The second-order valence-electron chi connectivity index (χ2n) is 4.19. The summed E-state index contributed by atoms with van der Waals surface area (Å²) in [6.07, 6.45) is 0.610. The Balaban J connectivity index is 3.28. The number of rotatable bonds is 4. The molecule has 0 saturated heterocycles. The highest BCUT2D eigenvalue weighted by atomic mass is 16.5. The van der Waals surface area contributed by atoms with Crippen molar-refractivity contribution in [2.24, 2.45) is 0 Å². The molecule has 1 unspecified atom stereocenters. The smallest absolute Gasteiger partial charge is 0.337 e. The summed E-state index contributed by atoms with van der Waals surface area (Å²) in [4.78, 5) is 36.8. The fraction of sp³-hybridized carbons (Fsp3) is 0.615. The van der Waals surface area contributed by atoms with E-state index in [1.807, 2.05) is 0 Å². The summed E-state index contributed by atoms with van der Waals surface area (Å²) in [7, 11) is 0. The predicted octanol–water partition coefficient (Wildman–Crippen LogP) is 1.56. The Morgan fingerprint density at radius 3 is 2.42 bits per heavy atom. The van der Waals surface area contributed by atoms with E-state index < -0.39 is 18.0 Å². The maximum Gasteiger partial charge on any atom is 0.337 e. The molecule has 1 rings (SSSR count). The molecule has 6 heteroatoms. The number of nitrogens with zero attached hydrogens (tertiary/aromatic N) is 1. The van der Waals surface area contributed by atoms with Gasteiger partial charge in [0.1, 0.15) is 0 Å². The van der Waals surface area contributed by atoms with Gasteiger partial charge < -0.3 is 10.1 Å². The van der Waals surface area contributed by atoms with Crippen LogP contribution in [-0.2, 0) is 14.3 Å². The zero-order valence-electron chi connectivity index (χ0n) is 11.8. The lowest BCUT2D eigenvalue weighted by Gasteiger charge is -2.33. The molecule has 6 nitrogen and oxygen atoms in total. The first-order valence-corrected chi connectivity index (χ1v) is 6.51. The fourth-order valence-corrected chi connectivity index (χ4v) is 2.09. The Kier molecular flexibility index (Phi) is 5.09. The summed E-state index contributed by atoms with van der Waals surface area (Å²) in [5, 5.41) is 2.61. The van der Waals surface area contributed by atoms with E-state index in [-0.39, 0.29) is 18.9 Å². The van der Waals surface area contributed by atoms with Crippen molar-refractivity contribution >= 4 is 17.9 Å². The highest BCUT2D eigenvalue weighted by Crippen LogP contribution is 2.24. The molecule has 1 aliphatic heterocycles. The van der Waals surface area contributed by atoms with Gasteiger partial charge in [-0.25, -0.2) is 14.5 Å². The van der Waals surface area contributed by atoms with Crippen LogP contribution in [0.25, 0.3) is 0 Å². The van der Waals surface area contributed by atoms with Crippen molar-refractivity contribution in [3.05, 3.63) is 11.3 Å². The molecule has 0 aromatic carbocycles. The van der Waals surface area contributed by atoms with Gasteiger partial charge in [-0.1, -0.05) is 13.8 Å². The molecule has 0 bridgehead atoms. The Bertz CT molecular complexity index is 428. The van der Waals surface area contributed by atoms with Crippen molar-refractivity contribution in [3.63, 3.8) is 0 Å².